The number of ether oxygens (including phenoxy) is 2. The summed E-state index contributed by atoms with van der Waals surface area (Å²) in [5.41, 5.74) is 2.12. The predicted molar refractivity (Wildman–Crippen MR) is 135 cm³/mol. The molecule has 0 spiro atoms. The fourth-order valence-corrected chi connectivity index (χ4v) is 5.09. The van der Waals surface area contributed by atoms with Gasteiger partial charge in [-0.25, -0.2) is 0 Å². The summed E-state index contributed by atoms with van der Waals surface area (Å²) in [6, 6.07) is 15.9. The molecule has 3 rings (SSSR count). The lowest BCUT2D eigenvalue weighted by Crippen LogP contribution is -2.55. The Hall–Kier alpha value is -2.57. The number of carbonyl (C=O) groups is 1. The van der Waals surface area contributed by atoms with Crippen LogP contribution in [0.3, 0.4) is 0 Å². The number of nitrogens with zero attached hydrogens (tertiary/aromatic N) is 1. The second-order valence-corrected chi connectivity index (χ2v) is 14.9. The van der Waals surface area contributed by atoms with E-state index in [1.807, 2.05) is 47.4 Å². The highest BCUT2D eigenvalue weighted by Gasteiger charge is 2.43. The maximum absolute atomic E-state index is 13.2. The lowest BCUT2D eigenvalue weighted by molar-refractivity contribution is -0.132. The molecule has 0 aliphatic carbocycles. The lowest BCUT2D eigenvalue weighted by Gasteiger charge is -2.45. The number of amides is 1. The Labute approximate surface area is 199 Å². The summed E-state index contributed by atoms with van der Waals surface area (Å²) in [5, 5.41) is 0.0730. The summed E-state index contributed by atoms with van der Waals surface area (Å²) < 4.78 is 17.8. The standard InChI is InChI=1S/C27H37NO4Si/c1-27(2,3)33(6,7)32-24-15-16-26(29)28(23(24)17-20-11-9-8-10-12-20)19-21-13-14-22(30-4)18-25(21)31-5/h8-16,18,23-24H,17,19H2,1-7H3/t23-,24-/m0/s1. The molecule has 5 nitrogen and oxygen atoms in total. The molecular weight excluding hydrogens is 430 g/mol. The monoisotopic (exact) mass is 467 g/mol. The Morgan fingerprint density at radius 2 is 1.70 bits per heavy atom. The number of carbonyl (C=O) groups excluding carboxylic acids is 1. The molecule has 1 amide bonds. The average molecular weight is 468 g/mol. The van der Waals surface area contributed by atoms with Crippen molar-refractivity contribution >= 4 is 14.2 Å². The first-order valence-electron chi connectivity index (χ1n) is 11.5. The molecule has 0 radical (unpaired) electrons. The lowest BCUT2D eigenvalue weighted by atomic mass is 9.95. The molecule has 0 fully saturated rings. The van der Waals surface area contributed by atoms with Gasteiger partial charge in [-0.05, 0) is 48.3 Å². The molecule has 1 aliphatic heterocycles. The highest BCUT2D eigenvalue weighted by atomic mass is 28.4. The van der Waals surface area contributed by atoms with Crippen molar-refractivity contribution < 1.29 is 18.7 Å². The van der Waals surface area contributed by atoms with E-state index in [0.717, 1.165) is 11.3 Å². The Bertz CT molecular complexity index is 981. The van der Waals surface area contributed by atoms with Crippen molar-refractivity contribution in [1.82, 2.24) is 4.90 Å². The van der Waals surface area contributed by atoms with E-state index in [2.05, 4.69) is 46.0 Å². The van der Waals surface area contributed by atoms with E-state index in [-0.39, 0.29) is 23.1 Å². The van der Waals surface area contributed by atoms with Gasteiger partial charge in [0.15, 0.2) is 8.32 Å². The summed E-state index contributed by atoms with van der Waals surface area (Å²) >= 11 is 0. The van der Waals surface area contributed by atoms with Crippen LogP contribution in [-0.4, -0.2) is 45.5 Å². The molecule has 2 atom stereocenters. The number of hydrogen-bond donors (Lipinski definition) is 0. The number of rotatable bonds is 8. The topological polar surface area (TPSA) is 48.0 Å². The van der Waals surface area contributed by atoms with Crippen molar-refractivity contribution in [2.24, 2.45) is 0 Å². The zero-order chi connectivity index (χ0) is 24.2. The molecule has 1 aliphatic rings. The third-order valence-electron chi connectivity index (χ3n) is 6.85. The molecule has 2 aromatic rings. The Kier molecular flexibility index (Phi) is 7.70. The minimum absolute atomic E-state index is 0.0103. The van der Waals surface area contributed by atoms with E-state index in [9.17, 15) is 4.79 Å². The predicted octanol–water partition coefficient (Wildman–Crippen LogP) is 5.60. The van der Waals surface area contributed by atoms with Gasteiger partial charge < -0.3 is 18.8 Å². The van der Waals surface area contributed by atoms with Gasteiger partial charge >= 0.3 is 0 Å². The summed E-state index contributed by atoms with van der Waals surface area (Å²) in [5.74, 6) is 1.42. The molecule has 6 heteroatoms. The van der Waals surface area contributed by atoms with Crippen LogP contribution in [0.4, 0.5) is 0 Å². The van der Waals surface area contributed by atoms with Crippen LogP contribution in [-0.2, 0) is 22.2 Å². The molecule has 0 saturated carbocycles. The summed E-state index contributed by atoms with van der Waals surface area (Å²) in [4.78, 5) is 15.1. The van der Waals surface area contributed by atoms with E-state index < -0.39 is 8.32 Å². The minimum atomic E-state index is -2.06. The Balaban J connectivity index is 1.97. The van der Waals surface area contributed by atoms with Gasteiger partial charge in [0.2, 0.25) is 5.91 Å². The van der Waals surface area contributed by atoms with Gasteiger partial charge in [0.1, 0.15) is 11.5 Å². The second-order valence-electron chi connectivity index (χ2n) is 10.1. The first-order chi connectivity index (χ1) is 15.6. The number of hydrogen-bond acceptors (Lipinski definition) is 4. The van der Waals surface area contributed by atoms with E-state index >= 15 is 0 Å². The molecular formula is C27H37NO4Si. The number of benzene rings is 2. The maximum atomic E-state index is 13.2. The molecule has 0 saturated heterocycles. The molecule has 33 heavy (non-hydrogen) atoms. The van der Waals surface area contributed by atoms with Crippen LogP contribution < -0.4 is 9.47 Å². The first-order valence-corrected chi connectivity index (χ1v) is 14.4. The zero-order valence-electron chi connectivity index (χ0n) is 20.9. The SMILES string of the molecule is COc1ccc(CN2C(=O)C=C[C@H](O[Si](C)(C)C(C)(C)C)[C@@H]2Cc2ccccc2)c(OC)c1. The third kappa shape index (κ3) is 5.87. The van der Waals surface area contributed by atoms with Gasteiger partial charge in [-0.2, -0.15) is 0 Å². The van der Waals surface area contributed by atoms with E-state index in [4.69, 9.17) is 13.9 Å². The summed E-state index contributed by atoms with van der Waals surface area (Å²) in [6.45, 7) is 11.7. The van der Waals surface area contributed by atoms with Crippen LogP contribution in [0.25, 0.3) is 0 Å². The largest absolute Gasteiger partial charge is 0.497 e. The number of methoxy groups -OCH3 is 2. The van der Waals surface area contributed by atoms with Gasteiger partial charge in [0, 0.05) is 17.7 Å². The Morgan fingerprint density at radius 3 is 2.30 bits per heavy atom. The zero-order valence-corrected chi connectivity index (χ0v) is 21.9. The molecule has 178 valence electrons. The highest BCUT2D eigenvalue weighted by molar-refractivity contribution is 6.74. The molecule has 0 unspecified atom stereocenters. The van der Waals surface area contributed by atoms with Gasteiger partial charge in [-0.3, -0.25) is 4.79 Å². The van der Waals surface area contributed by atoms with Gasteiger partial charge in [-0.1, -0.05) is 51.1 Å². The van der Waals surface area contributed by atoms with Crippen molar-refractivity contribution in [1.29, 1.82) is 0 Å². The van der Waals surface area contributed by atoms with Gasteiger partial charge in [0.25, 0.3) is 0 Å². The third-order valence-corrected chi connectivity index (χ3v) is 11.3. The van der Waals surface area contributed by atoms with Gasteiger partial charge in [0.05, 0.1) is 32.9 Å². The van der Waals surface area contributed by atoms with Crippen molar-refractivity contribution in [3.63, 3.8) is 0 Å². The molecule has 2 aromatic carbocycles. The van der Waals surface area contributed by atoms with Crippen LogP contribution in [0.1, 0.15) is 31.9 Å². The van der Waals surface area contributed by atoms with Crippen molar-refractivity contribution in [3.05, 3.63) is 71.8 Å². The van der Waals surface area contributed by atoms with Crippen molar-refractivity contribution in [2.75, 3.05) is 14.2 Å². The van der Waals surface area contributed by atoms with Crippen molar-refractivity contribution in [3.8, 4) is 11.5 Å². The van der Waals surface area contributed by atoms with E-state index in [0.29, 0.717) is 18.7 Å². The highest BCUT2D eigenvalue weighted by Crippen LogP contribution is 2.39. The van der Waals surface area contributed by atoms with Crippen molar-refractivity contribution in [2.45, 2.75) is 64.0 Å². The minimum Gasteiger partial charge on any atom is -0.497 e. The average Bonchev–Trinajstić information content (AvgIpc) is 2.78. The maximum Gasteiger partial charge on any atom is 0.246 e. The Morgan fingerprint density at radius 1 is 1.00 bits per heavy atom. The second kappa shape index (κ2) is 10.1. The fourth-order valence-electron chi connectivity index (χ4n) is 3.82. The van der Waals surface area contributed by atoms with Crippen LogP contribution >= 0.6 is 0 Å². The van der Waals surface area contributed by atoms with Gasteiger partial charge in [-0.15, -0.1) is 0 Å². The molecule has 0 bridgehead atoms. The smallest absolute Gasteiger partial charge is 0.246 e. The van der Waals surface area contributed by atoms with Crippen LogP contribution in [0.5, 0.6) is 11.5 Å². The summed E-state index contributed by atoms with van der Waals surface area (Å²) in [7, 11) is 1.22. The molecule has 1 heterocycles. The fraction of sp³-hybridized carbons (Fsp3) is 0.444. The molecule has 0 N–H and O–H groups in total. The van der Waals surface area contributed by atoms with E-state index in [1.165, 1.54) is 5.56 Å². The first kappa shape index (κ1) is 25.1. The van der Waals surface area contributed by atoms with Crippen LogP contribution in [0.15, 0.2) is 60.7 Å². The summed E-state index contributed by atoms with van der Waals surface area (Å²) in [6.07, 6.45) is 4.16. The normalized spacial score (nSPS) is 19.0. The van der Waals surface area contributed by atoms with Crippen LogP contribution in [0.2, 0.25) is 18.1 Å². The van der Waals surface area contributed by atoms with Crippen LogP contribution in [0, 0.1) is 0 Å². The molecule has 0 aromatic heterocycles. The van der Waals surface area contributed by atoms with E-state index in [1.54, 1.807) is 20.3 Å². The quantitative estimate of drug-likeness (QED) is 0.474.